The molecule has 0 radical (unpaired) electrons. The fourth-order valence-electron chi connectivity index (χ4n) is 4.34. The van der Waals surface area contributed by atoms with Crippen molar-refractivity contribution >= 4 is 23.3 Å². The Morgan fingerprint density at radius 1 is 1.33 bits per heavy atom. The number of hydrogen-bond acceptors (Lipinski definition) is 3. The van der Waals surface area contributed by atoms with E-state index in [0.29, 0.717) is 13.1 Å². The van der Waals surface area contributed by atoms with Gasteiger partial charge in [-0.15, -0.1) is 0 Å². The molecule has 3 amide bonds. The number of benzene rings is 1. The number of fused-ring (bicyclic) bond motifs is 2. The number of anilines is 2. The highest BCUT2D eigenvalue weighted by molar-refractivity contribution is 6.08. The van der Waals surface area contributed by atoms with E-state index in [0.717, 1.165) is 42.0 Å². The number of likely N-dealkylation sites (tertiary alicyclic amines) is 1. The van der Waals surface area contributed by atoms with Crippen LogP contribution in [0.15, 0.2) is 30.5 Å². The summed E-state index contributed by atoms with van der Waals surface area (Å²) >= 11 is 0. The van der Waals surface area contributed by atoms with Crippen LogP contribution in [0.1, 0.15) is 31.0 Å². The number of piperidine rings is 1. The zero-order chi connectivity index (χ0) is 19.2. The van der Waals surface area contributed by atoms with Crippen molar-refractivity contribution in [3.05, 3.63) is 41.7 Å². The van der Waals surface area contributed by atoms with E-state index < -0.39 is 5.41 Å². The number of para-hydroxylation sites is 1. The van der Waals surface area contributed by atoms with E-state index in [2.05, 4.69) is 10.4 Å². The normalized spacial score (nSPS) is 21.7. The van der Waals surface area contributed by atoms with Crippen LogP contribution in [0, 0.1) is 6.92 Å². The maximum atomic E-state index is 13.1. The lowest BCUT2D eigenvalue weighted by molar-refractivity contribution is -0.124. The Morgan fingerprint density at radius 2 is 2.11 bits per heavy atom. The van der Waals surface area contributed by atoms with Gasteiger partial charge in [0.2, 0.25) is 5.91 Å². The highest BCUT2D eigenvalue weighted by atomic mass is 16.2. The second-order valence-corrected chi connectivity index (χ2v) is 7.40. The summed E-state index contributed by atoms with van der Waals surface area (Å²) in [5.74, 6) is 0.0798. The first-order valence-electron chi connectivity index (χ1n) is 9.44. The maximum absolute atomic E-state index is 13.1. The van der Waals surface area contributed by atoms with E-state index in [1.165, 1.54) is 0 Å². The minimum atomic E-state index is -0.635. The van der Waals surface area contributed by atoms with Gasteiger partial charge < -0.3 is 15.1 Å². The van der Waals surface area contributed by atoms with E-state index in [-0.39, 0.29) is 11.9 Å². The van der Waals surface area contributed by atoms with E-state index in [1.807, 2.05) is 51.4 Å². The largest absolute Gasteiger partial charge is 0.323 e. The standard InChI is InChI=1S/C20H25N5O2/c1-4-25-12-16(14(2)22-25)21-19(27)24-11-7-10-20(13-24)15-8-5-6-9-17(15)23(3)18(20)26/h5-6,8-9,12H,4,7,10-11,13H2,1-3H3,(H,21,27). The van der Waals surface area contributed by atoms with E-state index >= 15 is 0 Å². The molecule has 142 valence electrons. The van der Waals surface area contributed by atoms with Gasteiger partial charge in [-0.05, 0) is 38.3 Å². The van der Waals surface area contributed by atoms with Crippen molar-refractivity contribution < 1.29 is 9.59 Å². The van der Waals surface area contributed by atoms with Crippen LogP contribution >= 0.6 is 0 Å². The summed E-state index contributed by atoms with van der Waals surface area (Å²) in [7, 11) is 1.82. The Bertz CT molecular complexity index is 906. The third-order valence-corrected chi connectivity index (χ3v) is 5.79. The van der Waals surface area contributed by atoms with Gasteiger partial charge in [0.05, 0.1) is 16.8 Å². The Labute approximate surface area is 158 Å². The Kier molecular flexibility index (Phi) is 4.17. The smallest absolute Gasteiger partial charge is 0.321 e. The number of rotatable bonds is 2. The molecule has 0 bridgehead atoms. The van der Waals surface area contributed by atoms with Gasteiger partial charge in [0, 0.05) is 38.6 Å². The lowest BCUT2D eigenvalue weighted by Gasteiger charge is -2.39. The molecule has 1 aromatic heterocycles. The monoisotopic (exact) mass is 367 g/mol. The Hall–Kier alpha value is -2.83. The van der Waals surface area contributed by atoms with Crippen molar-refractivity contribution in [3.8, 4) is 0 Å². The van der Waals surface area contributed by atoms with Crippen molar-refractivity contribution in [1.29, 1.82) is 0 Å². The molecule has 7 nitrogen and oxygen atoms in total. The minimum Gasteiger partial charge on any atom is -0.323 e. The summed E-state index contributed by atoms with van der Waals surface area (Å²) in [5.41, 5.74) is 2.86. The average molecular weight is 367 g/mol. The lowest BCUT2D eigenvalue weighted by Crippen LogP contribution is -2.54. The molecular weight excluding hydrogens is 342 g/mol. The molecule has 2 aromatic rings. The molecular formula is C20H25N5O2. The first-order valence-corrected chi connectivity index (χ1v) is 9.44. The molecule has 1 atom stereocenters. The molecule has 0 aliphatic carbocycles. The number of hydrogen-bond donors (Lipinski definition) is 1. The number of aryl methyl sites for hydroxylation is 2. The predicted molar refractivity (Wildman–Crippen MR) is 104 cm³/mol. The molecule has 7 heteroatoms. The van der Waals surface area contributed by atoms with Crippen LogP contribution in [0.2, 0.25) is 0 Å². The molecule has 2 aliphatic rings. The lowest BCUT2D eigenvalue weighted by atomic mass is 9.75. The van der Waals surface area contributed by atoms with E-state index in [9.17, 15) is 9.59 Å². The number of carbonyl (C=O) groups is 2. The highest BCUT2D eigenvalue weighted by Crippen LogP contribution is 2.46. The summed E-state index contributed by atoms with van der Waals surface area (Å²) in [4.78, 5) is 29.5. The van der Waals surface area contributed by atoms with Crippen LogP contribution < -0.4 is 10.2 Å². The average Bonchev–Trinajstić information content (AvgIpc) is 3.14. The van der Waals surface area contributed by atoms with Gasteiger partial charge in [-0.3, -0.25) is 9.48 Å². The molecule has 1 fully saturated rings. The van der Waals surface area contributed by atoms with Gasteiger partial charge in [-0.2, -0.15) is 5.10 Å². The van der Waals surface area contributed by atoms with Gasteiger partial charge in [-0.25, -0.2) is 4.79 Å². The number of nitrogens with zero attached hydrogens (tertiary/aromatic N) is 4. The van der Waals surface area contributed by atoms with Crippen LogP contribution in [0.3, 0.4) is 0 Å². The van der Waals surface area contributed by atoms with E-state index in [1.54, 1.807) is 14.5 Å². The van der Waals surface area contributed by atoms with Gasteiger partial charge in [0.15, 0.2) is 0 Å². The number of carbonyl (C=O) groups excluding carboxylic acids is 2. The SMILES string of the molecule is CCn1cc(NC(=O)N2CCCC3(C2)C(=O)N(C)c2ccccc23)c(C)n1. The summed E-state index contributed by atoms with van der Waals surface area (Å²) in [6.45, 7) is 5.69. The second kappa shape index (κ2) is 6.40. The van der Waals surface area contributed by atoms with Gasteiger partial charge in [-0.1, -0.05) is 18.2 Å². The van der Waals surface area contributed by atoms with E-state index in [4.69, 9.17) is 0 Å². The van der Waals surface area contributed by atoms with Crippen molar-refractivity contribution in [2.75, 3.05) is 30.4 Å². The molecule has 0 saturated carbocycles. The van der Waals surface area contributed by atoms with Crippen molar-refractivity contribution in [1.82, 2.24) is 14.7 Å². The zero-order valence-electron chi connectivity index (χ0n) is 16.0. The molecule has 2 aliphatic heterocycles. The van der Waals surface area contributed by atoms with Crippen molar-refractivity contribution in [3.63, 3.8) is 0 Å². The van der Waals surface area contributed by atoms with Gasteiger partial charge in [0.25, 0.3) is 0 Å². The molecule has 1 unspecified atom stereocenters. The van der Waals surface area contributed by atoms with Gasteiger partial charge in [0.1, 0.15) is 0 Å². The summed E-state index contributed by atoms with van der Waals surface area (Å²) in [6.07, 6.45) is 3.41. The number of amides is 3. The Morgan fingerprint density at radius 3 is 2.85 bits per heavy atom. The van der Waals surface area contributed by atoms with Crippen LogP contribution in [-0.2, 0) is 16.8 Å². The third kappa shape index (κ3) is 2.69. The number of urea groups is 1. The molecule has 3 heterocycles. The molecule has 27 heavy (non-hydrogen) atoms. The topological polar surface area (TPSA) is 70.5 Å². The predicted octanol–water partition coefficient (Wildman–Crippen LogP) is 2.75. The van der Waals surface area contributed by atoms with Crippen LogP contribution in [0.5, 0.6) is 0 Å². The van der Waals surface area contributed by atoms with Gasteiger partial charge >= 0.3 is 6.03 Å². The highest BCUT2D eigenvalue weighted by Gasteiger charge is 2.52. The maximum Gasteiger partial charge on any atom is 0.321 e. The number of likely N-dealkylation sites (N-methyl/N-ethyl adjacent to an activating group) is 1. The second-order valence-electron chi connectivity index (χ2n) is 7.40. The van der Waals surface area contributed by atoms with Crippen LogP contribution in [0.25, 0.3) is 0 Å². The summed E-state index contributed by atoms with van der Waals surface area (Å²) in [6, 6.07) is 7.74. The molecule has 1 N–H and O–H groups in total. The first-order chi connectivity index (χ1) is 13.0. The minimum absolute atomic E-state index is 0.0798. The van der Waals surface area contributed by atoms with Crippen LogP contribution in [-0.4, -0.2) is 46.8 Å². The fraction of sp³-hybridized carbons (Fsp3) is 0.450. The first kappa shape index (κ1) is 17.6. The Balaban J connectivity index is 1.59. The zero-order valence-corrected chi connectivity index (χ0v) is 16.0. The molecule has 4 rings (SSSR count). The quantitative estimate of drug-likeness (QED) is 0.887. The molecule has 1 aromatic carbocycles. The summed E-state index contributed by atoms with van der Waals surface area (Å²) in [5, 5.41) is 7.34. The third-order valence-electron chi connectivity index (χ3n) is 5.79. The summed E-state index contributed by atoms with van der Waals surface area (Å²) < 4.78 is 1.80. The molecule has 1 saturated heterocycles. The molecule has 1 spiro atoms. The number of aromatic nitrogens is 2. The van der Waals surface area contributed by atoms with Crippen molar-refractivity contribution in [2.24, 2.45) is 0 Å². The van der Waals surface area contributed by atoms with Crippen molar-refractivity contribution in [2.45, 2.75) is 38.6 Å². The van der Waals surface area contributed by atoms with Crippen LogP contribution in [0.4, 0.5) is 16.2 Å². The number of nitrogens with one attached hydrogen (secondary N) is 1. The fourth-order valence-corrected chi connectivity index (χ4v) is 4.34.